The molecule has 0 aliphatic heterocycles. The summed E-state index contributed by atoms with van der Waals surface area (Å²) >= 11 is 3.84. The summed E-state index contributed by atoms with van der Waals surface area (Å²) in [7, 11) is -1.24. The highest BCUT2D eigenvalue weighted by Crippen LogP contribution is 2.38. The number of hydrogen-bond donors (Lipinski definition) is 0. The molecule has 0 aromatic heterocycles. The van der Waals surface area contributed by atoms with Gasteiger partial charge in [-0.25, -0.2) is 0 Å². The first-order valence-electron chi connectivity index (χ1n) is 8.61. The zero-order valence-corrected chi connectivity index (χ0v) is 17.4. The van der Waals surface area contributed by atoms with E-state index in [9.17, 15) is 0 Å². The van der Waals surface area contributed by atoms with Gasteiger partial charge in [-0.2, -0.15) is 0 Å². The standard InChI is InChI=1S/C18H35BrSi/c1-8-15(17(19)10-3)16(9-2)18(11-4)20(12-5,13-6)14-7/h8-14H2,1-7H3/b17-15-,18-16+. The van der Waals surface area contributed by atoms with Crippen LogP contribution >= 0.6 is 15.9 Å². The summed E-state index contributed by atoms with van der Waals surface area (Å²) < 4.78 is 1.43. The molecular formula is C18H35BrSi. The van der Waals surface area contributed by atoms with Gasteiger partial charge in [-0.15, -0.1) is 0 Å². The van der Waals surface area contributed by atoms with Gasteiger partial charge in [-0.05, 0) is 41.3 Å². The van der Waals surface area contributed by atoms with Gasteiger partial charge in [0.2, 0.25) is 0 Å². The van der Waals surface area contributed by atoms with E-state index >= 15 is 0 Å². The van der Waals surface area contributed by atoms with Crippen molar-refractivity contribution in [3.05, 3.63) is 20.8 Å². The fraction of sp³-hybridized carbons (Fsp3) is 0.778. The van der Waals surface area contributed by atoms with Gasteiger partial charge in [0.1, 0.15) is 0 Å². The lowest BCUT2D eigenvalue weighted by molar-refractivity contribution is 0.956. The molecule has 0 unspecified atom stereocenters. The van der Waals surface area contributed by atoms with E-state index in [4.69, 9.17) is 0 Å². The molecule has 0 spiro atoms. The van der Waals surface area contributed by atoms with E-state index in [1.54, 1.807) is 11.1 Å². The van der Waals surface area contributed by atoms with E-state index in [1.807, 2.05) is 5.20 Å². The molecule has 0 atom stereocenters. The average molecular weight is 359 g/mol. The highest BCUT2D eigenvalue weighted by Gasteiger charge is 2.32. The van der Waals surface area contributed by atoms with Crippen molar-refractivity contribution in [2.45, 2.75) is 92.3 Å². The van der Waals surface area contributed by atoms with E-state index in [2.05, 4.69) is 64.4 Å². The Morgan fingerprint density at radius 3 is 1.35 bits per heavy atom. The molecule has 20 heavy (non-hydrogen) atoms. The largest absolute Gasteiger partial charge is 0.0811 e. The van der Waals surface area contributed by atoms with Gasteiger partial charge >= 0.3 is 0 Å². The predicted molar refractivity (Wildman–Crippen MR) is 101 cm³/mol. The molecule has 0 aromatic rings. The molecule has 0 aliphatic carbocycles. The summed E-state index contributed by atoms with van der Waals surface area (Å²) in [6.07, 6.45) is 4.71. The Hall–Kier alpha value is 0.177. The van der Waals surface area contributed by atoms with Gasteiger partial charge in [0.15, 0.2) is 0 Å². The third kappa shape index (κ3) is 4.33. The van der Waals surface area contributed by atoms with E-state index in [1.165, 1.54) is 35.5 Å². The molecule has 0 saturated heterocycles. The van der Waals surface area contributed by atoms with Crippen LogP contribution in [0.4, 0.5) is 0 Å². The molecule has 0 aromatic carbocycles. The highest BCUT2D eigenvalue weighted by atomic mass is 79.9. The van der Waals surface area contributed by atoms with Gasteiger partial charge in [0, 0.05) is 0 Å². The topological polar surface area (TPSA) is 0 Å². The first kappa shape index (κ1) is 20.2. The van der Waals surface area contributed by atoms with Crippen molar-refractivity contribution in [3.63, 3.8) is 0 Å². The Balaban J connectivity index is 6.18. The lowest BCUT2D eigenvalue weighted by Gasteiger charge is -2.34. The monoisotopic (exact) mass is 358 g/mol. The van der Waals surface area contributed by atoms with Crippen molar-refractivity contribution in [3.8, 4) is 0 Å². The smallest absolute Gasteiger partial charge is 0.0771 e. The van der Waals surface area contributed by atoms with Gasteiger partial charge in [0.05, 0.1) is 8.07 Å². The zero-order valence-electron chi connectivity index (χ0n) is 14.8. The Morgan fingerprint density at radius 1 is 0.650 bits per heavy atom. The molecule has 118 valence electrons. The second-order valence-electron chi connectivity index (χ2n) is 5.60. The Bertz CT molecular complexity index is 340. The molecule has 0 bridgehead atoms. The second-order valence-corrected chi connectivity index (χ2v) is 11.8. The third-order valence-corrected chi connectivity index (χ3v) is 12.1. The minimum Gasteiger partial charge on any atom is -0.0771 e. The second kappa shape index (κ2) is 10.00. The van der Waals surface area contributed by atoms with Gasteiger partial charge < -0.3 is 0 Å². The van der Waals surface area contributed by atoms with Gasteiger partial charge in [-0.1, -0.05) is 87.7 Å². The van der Waals surface area contributed by atoms with Crippen LogP contribution in [0.2, 0.25) is 18.1 Å². The molecule has 0 saturated carbocycles. The van der Waals surface area contributed by atoms with Crippen LogP contribution in [0.5, 0.6) is 0 Å². The molecule has 0 N–H and O–H groups in total. The Morgan fingerprint density at radius 2 is 1.10 bits per heavy atom. The normalized spacial score (nSPS) is 15.0. The molecule has 2 heteroatoms. The third-order valence-electron chi connectivity index (χ3n) is 5.10. The van der Waals surface area contributed by atoms with E-state index < -0.39 is 8.07 Å². The molecule has 0 heterocycles. The highest BCUT2D eigenvalue weighted by molar-refractivity contribution is 9.11. The van der Waals surface area contributed by atoms with Crippen molar-refractivity contribution < 1.29 is 0 Å². The molecule has 0 radical (unpaired) electrons. The summed E-state index contributed by atoms with van der Waals surface area (Å²) in [6.45, 7) is 16.5. The number of halogens is 1. The lowest BCUT2D eigenvalue weighted by atomic mass is 9.99. The van der Waals surface area contributed by atoms with Gasteiger partial charge in [0.25, 0.3) is 0 Å². The van der Waals surface area contributed by atoms with Crippen LogP contribution in [0.3, 0.4) is 0 Å². The first-order valence-corrected chi connectivity index (χ1v) is 12.0. The molecular weight excluding hydrogens is 324 g/mol. The van der Waals surface area contributed by atoms with E-state index in [0.717, 1.165) is 12.8 Å². The molecule has 0 fully saturated rings. The van der Waals surface area contributed by atoms with Crippen LogP contribution in [-0.2, 0) is 0 Å². The fourth-order valence-electron chi connectivity index (χ4n) is 3.69. The van der Waals surface area contributed by atoms with Crippen molar-refractivity contribution in [2.24, 2.45) is 0 Å². The summed E-state index contributed by atoms with van der Waals surface area (Å²) in [5, 5.41) is 1.86. The Labute approximate surface area is 137 Å². The maximum Gasteiger partial charge on any atom is 0.0811 e. The maximum absolute atomic E-state index is 3.84. The molecule has 0 nitrogen and oxygen atoms in total. The zero-order chi connectivity index (χ0) is 15.8. The summed E-state index contributed by atoms with van der Waals surface area (Å²) in [4.78, 5) is 0. The lowest BCUT2D eigenvalue weighted by Crippen LogP contribution is -2.35. The van der Waals surface area contributed by atoms with Crippen molar-refractivity contribution >= 4 is 24.0 Å². The summed E-state index contributed by atoms with van der Waals surface area (Å²) in [5.74, 6) is 0. The van der Waals surface area contributed by atoms with Crippen LogP contribution in [0.1, 0.15) is 74.1 Å². The van der Waals surface area contributed by atoms with Crippen LogP contribution < -0.4 is 0 Å². The fourth-order valence-corrected chi connectivity index (χ4v) is 8.71. The van der Waals surface area contributed by atoms with Crippen molar-refractivity contribution in [1.82, 2.24) is 0 Å². The van der Waals surface area contributed by atoms with Crippen LogP contribution in [-0.4, -0.2) is 8.07 Å². The van der Waals surface area contributed by atoms with Crippen LogP contribution in [0, 0.1) is 0 Å². The quantitative estimate of drug-likeness (QED) is 0.293. The summed E-state index contributed by atoms with van der Waals surface area (Å²) in [6, 6.07) is 4.19. The van der Waals surface area contributed by atoms with Crippen LogP contribution in [0.15, 0.2) is 20.8 Å². The SMILES string of the molecule is CC/C(Br)=C(CC)/C(CC)=C(\CC)[Si](CC)(CC)CC. The minimum atomic E-state index is -1.24. The maximum atomic E-state index is 3.84. The number of allylic oxidation sites excluding steroid dienone is 4. The molecule has 0 amide bonds. The Kier molecular flexibility index (Phi) is 10.1. The number of hydrogen-bond acceptors (Lipinski definition) is 0. The molecule has 0 rings (SSSR count). The summed E-state index contributed by atoms with van der Waals surface area (Å²) in [5.41, 5.74) is 3.29. The first-order chi connectivity index (χ1) is 9.51. The van der Waals surface area contributed by atoms with E-state index in [-0.39, 0.29) is 0 Å². The van der Waals surface area contributed by atoms with E-state index in [0.29, 0.717) is 0 Å². The van der Waals surface area contributed by atoms with Crippen molar-refractivity contribution in [1.29, 1.82) is 0 Å². The predicted octanol–water partition coefficient (Wildman–Crippen LogP) is 7.62. The molecule has 0 aliphatic rings. The number of rotatable bonds is 9. The van der Waals surface area contributed by atoms with Gasteiger partial charge in [-0.3, -0.25) is 0 Å². The van der Waals surface area contributed by atoms with Crippen LogP contribution in [0.25, 0.3) is 0 Å². The van der Waals surface area contributed by atoms with Crippen molar-refractivity contribution in [2.75, 3.05) is 0 Å². The average Bonchev–Trinajstić information content (AvgIpc) is 2.50. The minimum absolute atomic E-state index is 1.11.